The second kappa shape index (κ2) is 7.13. The first kappa shape index (κ1) is 19.9. The predicted molar refractivity (Wildman–Crippen MR) is 99.9 cm³/mol. The lowest BCUT2D eigenvalue weighted by Crippen LogP contribution is -2.40. The third-order valence-electron chi connectivity index (χ3n) is 5.79. The third-order valence-corrected chi connectivity index (χ3v) is 7.24. The molecule has 11 heteroatoms. The first-order valence-electron chi connectivity index (χ1n) is 9.44. The molecule has 0 bridgehead atoms. The number of nitrogens with one attached hydrogen (secondary N) is 1. The number of aromatic nitrogens is 3. The van der Waals surface area contributed by atoms with Crippen LogP contribution >= 0.6 is 0 Å². The fourth-order valence-corrected chi connectivity index (χ4v) is 5.30. The molecule has 1 N–H and O–H groups in total. The van der Waals surface area contributed by atoms with Crippen LogP contribution in [-0.2, 0) is 15.4 Å². The fraction of sp³-hybridized carbons (Fsp3) is 0.556. The second-order valence-corrected chi connectivity index (χ2v) is 9.75. The lowest BCUT2D eigenvalue weighted by Gasteiger charge is -2.25. The molecule has 0 spiro atoms. The summed E-state index contributed by atoms with van der Waals surface area (Å²) in [6.07, 6.45) is 2.03. The van der Waals surface area contributed by atoms with Gasteiger partial charge in [0, 0.05) is 19.1 Å². The molecule has 9 nitrogen and oxygen atoms in total. The average molecular weight is 423 g/mol. The van der Waals surface area contributed by atoms with E-state index in [1.165, 1.54) is 12.1 Å². The van der Waals surface area contributed by atoms with Crippen molar-refractivity contribution >= 4 is 15.9 Å². The largest absolute Gasteiger partial charge is 0.339 e. The summed E-state index contributed by atoms with van der Waals surface area (Å²) >= 11 is 0. The standard InChI is InChI=1S/C18H22FN5O4S/c1-3-29(26,27)23-14-6-12-9-24(16(25)15-5-4-13(19)8-20-15)10-18(12,7-14)17-21-11(2)22-28-17/h4-5,8,12,14,23H,3,6-7,9-10H2,1-2H3/t12-,14+,18-/m0/s1. The molecule has 1 aliphatic carbocycles. The summed E-state index contributed by atoms with van der Waals surface area (Å²) in [5, 5.41) is 3.89. The Morgan fingerprint density at radius 2 is 2.24 bits per heavy atom. The Morgan fingerprint density at radius 3 is 2.86 bits per heavy atom. The van der Waals surface area contributed by atoms with Gasteiger partial charge in [-0.15, -0.1) is 0 Å². The van der Waals surface area contributed by atoms with Crippen molar-refractivity contribution in [2.45, 2.75) is 38.1 Å². The molecule has 3 atom stereocenters. The maximum Gasteiger partial charge on any atom is 0.272 e. The lowest BCUT2D eigenvalue weighted by atomic mass is 9.80. The molecule has 2 aromatic heterocycles. The summed E-state index contributed by atoms with van der Waals surface area (Å²) in [4.78, 5) is 22.8. The predicted octanol–water partition coefficient (Wildman–Crippen LogP) is 1.02. The fourth-order valence-electron chi connectivity index (χ4n) is 4.45. The van der Waals surface area contributed by atoms with Gasteiger partial charge < -0.3 is 9.42 Å². The van der Waals surface area contributed by atoms with Crippen LogP contribution in [0.3, 0.4) is 0 Å². The van der Waals surface area contributed by atoms with Crippen LogP contribution in [0.4, 0.5) is 4.39 Å². The Labute approximate surface area is 167 Å². The summed E-state index contributed by atoms with van der Waals surface area (Å²) in [6, 6.07) is 2.29. The van der Waals surface area contributed by atoms with E-state index < -0.39 is 21.3 Å². The number of sulfonamides is 1. The molecular weight excluding hydrogens is 401 g/mol. The first-order chi connectivity index (χ1) is 13.7. The summed E-state index contributed by atoms with van der Waals surface area (Å²) in [6.45, 7) is 4.02. The van der Waals surface area contributed by atoms with E-state index in [0.29, 0.717) is 37.6 Å². The number of likely N-dealkylation sites (tertiary alicyclic amines) is 1. The molecule has 2 aliphatic rings. The van der Waals surface area contributed by atoms with Crippen molar-refractivity contribution in [2.75, 3.05) is 18.8 Å². The van der Waals surface area contributed by atoms with Crippen LogP contribution < -0.4 is 4.72 Å². The number of pyridine rings is 1. The molecule has 4 rings (SSSR count). The van der Waals surface area contributed by atoms with Crippen LogP contribution in [0.2, 0.25) is 0 Å². The van der Waals surface area contributed by atoms with E-state index in [9.17, 15) is 17.6 Å². The molecule has 3 heterocycles. The van der Waals surface area contributed by atoms with E-state index in [2.05, 4.69) is 19.8 Å². The van der Waals surface area contributed by atoms with Crippen LogP contribution in [0.1, 0.15) is 42.0 Å². The smallest absolute Gasteiger partial charge is 0.272 e. The van der Waals surface area contributed by atoms with Crippen molar-refractivity contribution in [3.8, 4) is 0 Å². The van der Waals surface area contributed by atoms with E-state index in [1.807, 2.05) is 0 Å². The van der Waals surface area contributed by atoms with Crippen LogP contribution in [0.5, 0.6) is 0 Å². The van der Waals surface area contributed by atoms with Crippen LogP contribution in [0.15, 0.2) is 22.9 Å². The number of hydrogen-bond acceptors (Lipinski definition) is 7. The van der Waals surface area contributed by atoms with Crippen molar-refractivity contribution in [2.24, 2.45) is 5.92 Å². The highest BCUT2D eigenvalue weighted by atomic mass is 32.2. The molecule has 0 unspecified atom stereocenters. The Hall–Kier alpha value is -2.40. The van der Waals surface area contributed by atoms with Crippen molar-refractivity contribution in [3.63, 3.8) is 0 Å². The molecule has 1 amide bonds. The van der Waals surface area contributed by atoms with E-state index >= 15 is 0 Å². The Kier molecular flexibility index (Phi) is 4.89. The number of aryl methyl sites for hydroxylation is 1. The highest BCUT2D eigenvalue weighted by Gasteiger charge is 2.58. The molecular formula is C18H22FN5O4S. The lowest BCUT2D eigenvalue weighted by molar-refractivity contribution is 0.0767. The van der Waals surface area contributed by atoms with Gasteiger partial charge in [0.15, 0.2) is 5.82 Å². The van der Waals surface area contributed by atoms with Gasteiger partial charge in [0.2, 0.25) is 15.9 Å². The van der Waals surface area contributed by atoms with E-state index in [0.717, 1.165) is 6.20 Å². The monoisotopic (exact) mass is 423 g/mol. The SMILES string of the molecule is CCS(=O)(=O)N[C@@H]1C[C@H]2CN(C(=O)c3ccc(F)cn3)C[C@@]2(c2nc(C)no2)C1. The molecule has 2 aromatic rings. The number of fused-ring (bicyclic) bond motifs is 1. The van der Waals surface area contributed by atoms with Gasteiger partial charge in [0.1, 0.15) is 11.5 Å². The number of rotatable bonds is 5. The number of nitrogens with zero attached hydrogens (tertiary/aromatic N) is 4. The number of carbonyl (C=O) groups excluding carboxylic acids is 1. The number of carbonyl (C=O) groups is 1. The number of hydrogen-bond donors (Lipinski definition) is 1. The molecule has 1 saturated carbocycles. The summed E-state index contributed by atoms with van der Waals surface area (Å²) in [5.74, 6) is 0.0405. The van der Waals surface area contributed by atoms with Crippen molar-refractivity contribution in [3.05, 3.63) is 41.6 Å². The normalized spacial score (nSPS) is 26.7. The van der Waals surface area contributed by atoms with Gasteiger partial charge in [-0.2, -0.15) is 4.98 Å². The molecule has 0 radical (unpaired) electrons. The van der Waals surface area contributed by atoms with E-state index in [4.69, 9.17) is 4.52 Å². The highest BCUT2D eigenvalue weighted by molar-refractivity contribution is 7.89. The minimum Gasteiger partial charge on any atom is -0.339 e. The quantitative estimate of drug-likeness (QED) is 0.763. The summed E-state index contributed by atoms with van der Waals surface area (Å²) in [5.41, 5.74) is -0.468. The van der Waals surface area contributed by atoms with Crippen molar-refractivity contribution in [1.82, 2.24) is 24.7 Å². The van der Waals surface area contributed by atoms with Gasteiger partial charge in [-0.3, -0.25) is 4.79 Å². The second-order valence-electron chi connectivity index (χ2n) is 7.71. The number of amides is 1. The Bertz CT molecular complexity index is 1030. The van der Waals surface area contributed by atoms with Gasteiger partial charge in [0.25, 0.3) is 5.91 Å². The van der Waals surface area contributed by atoms with Gasteiger partial charge in [-0.1, -0.05) is 5.16 Å². The topological polar surface area (TPSA) is 118 Å². The molecule has 2 fully saturated rings. The van der Waals surface area contributed by atoms with Crippen LogP contribution in [0.25, 0.3) is 0 Å². The van der Waals surface area contributed by atoms with Crippen molar-refractivity contribution < 1.29 is 22.1 Å². The zero-order valence-electron chi connectivity index (χ0n) is 16.1. The van der Waals surface area contributed by atoms with Gasteiger partial charge in [-0.05, 0) is 44.7 Å². The molecule has 156 valence electrons. The zero-order valence-corrected chi connectivity index (χ0v) is 16.9. The molecule has 1 saturated heterocycles. The zero-order chi connectivity index (χ0) is 20.8. The average Bonchev–Trinajstić information content (AvgIpc) is 3.34. The number of halogens is 1. The summed E-state index contributed by atoms with van der Waals surface area (Å²) < 4.78 is 45.4. The van der Waals surface area contributed by atoms with Gasteiger partial charge >= 0.3 is 0 Å². The summed E-state index contributed by atoms with van der Waals surface area (Å²) in [7, 11) is -3.36. The minimum atomic E-state index is -3.36. The van der Waals surface area contributed by atoms with Crippen molar-refractivity contribution in [1.29, 1.82) is 0 Å². The Balaban J connectivity index is 1.61. The maximum atomic E-state index is 13.1. The highest BCUT2D eigenvalue weighted by Crippen LogP contribution is 2.50. The molecule has 29 heavy (non-hydrogen) atoms. The van der Waals surface area contributed by atoms with Gasteiger partial charge in [0.05, 0.1) is 17.4 Å². The minimum absolute atomic E-state index is 0.00167. The van der Waals surface area contributed by atoms with E-state index in [1.54, 1.807) is 18.7 Å². The molecule has 0 aromatic carbocycles. The molecule has 1 aliphatic heterocycles. The Morgan fingerprint density at radius 1 is 1.45 bits per heavy atom. The third kappa shape index (κ3) is 3.64. The van der Waals surface area contributed by atoms with Gasteiger partial charge in [-0.25, -0.2) is 22.5 Å². The van der Waals surface area contributed by atoms with Crippen LogP contribution in [0, 0.1) is 18.7 Å². The maximum absolute atomic E-state index is 13.1. The first-order valence-corrected chi connectivity index (χ1v) is 11.1. The van der Waals surface area contributed by atoms with E-state index in [-0.39, 0.29) is 29.3 Å². The van der Waals surface area contributed by atoms with Crippen LogP contribution in [-0.4, -0.2) is 59.2 Å².